The maximum absolute atomic E-state index is 7.27. The number of oxazole rings is 1. The Morgan fingerprint density at radius 3 is 1.27 bits per heavy atom. The summed E-state index contributed by atoms with van der Waals surface area (Å²) in [5.41, 5.74) is 12.4. The van der Waals surface area contributed by atoms with Crippen molar-refractivity contribution in [2.45, 2.75) is 105 Å². The van der Waals surface area contributed by atoms with Gasteiger partial charge in [0.2, 0.25) is 5.89 Å². The molecule has 0 aliphatic carbocycles. The fraction of sp³-hybridized carbons (Fsp3) is 0.262. The van der Waals surface area contributed by atoms with Gasteiger partial charge in [-0.3, -0.25) is 4.90 Å². The molecule has 67 heavy (non-hydrogen) atoms. The number of rotatable bonds is 6. The zero-order valence-electron chi connectivity index (χ0n) is 41.5. The number of anilines is 6. The smallest absolute Gasteiger partial charge is 0.299 e. The van der Waals surface area contributed by atoms with Crippen LogP contribution in [0.15, 0.2) is 174 Å². The van der Waals surface area contributed by atoms with Gasteiger partial charge in [-0.1, -0.05) is 210 Å². The second kappa shape index (κ2) is 15.9. The van der Waals surface area contributed by atoms with Crippen LogP contribution in [-0.4, -0.2) is 19.8 Å². The lowest BCUT2D eigenvalue weighted by atomic mass is 9.35. The van der Waals surface area contributed by atoms with Crippen LogP contribution in [0.1, 0.15) is 106 Å². The lowest BCUT2D eigenvalue weighted by molar-refractivity contribution is 0.405. The van der Waals surface area contributed by atoms with Crippen LogP contribution < -0.4 is 47.1 Å². The zero-order chi connectivity index (χ0) is 47.3. The third-order valence-electron chi connectivity index (χ3n) is 14.1. The molecule has 8 aromatic rings. The van der Waals surface area contributed by atoms with Crippen molar-refractivity contribution in [2.75, 3.05) is 9.80 Å². The summed E-state index contributed by atoms with van der Waals surface area (Å²) in [5, 5.41) is 5.29. The van der Waals surface area contributed by atoms with Gasteiger partial charge in [-0.15, -0.1) is 0 Å². The number of aromatic nitrogens is 1. The van der Waals surface area contributed by atoms with E-state index in [-0.39, 0.29) is 28.4 Å². The molecule has 0 bridgehead atoms. The quantitative estimate of drug-likeness (QED) is 0.123. The Labute approximate surface area is 400 Å². The lowest BCUT2D eigenvalue weighted by Gasteiger charge is -2.44. The predicted molar refractivity (Wildman–Crippen MR) is 289 cm³/mol. The molecule has 0 saturated carbocycles. The van der Waals surface area contributed by atoms with Gasteiger partial charge in [0, 0.05) is 33.9 Å². The number of fused-ring (bicyclic) bond motifs is 4. The van der Waals surface area contributed by atoms with E-state index in [1.807, 2.05) is 0 Å². The molecule has 7 aromatic carbocycles. The maximum atomic E-state index is 7.27. The van der Waals surface area contributed by atoms with Gasteiger partial charge in [-0.2, -0.15) is 4.98 Å². The van der Waals surface area contributed by atoms with Crippen LogP contribution in [0.5, 0.6) is 0 Å². The number of hydrogen-bond donors (Lipinski definition) is 0. The summed E-state index contributed by atoms with van der Waals surface area (Å²) in [6.07, 6.45) is 0. The van der Waals surface area contributed by atoms with Crippen molar-refractivity contribution in [2.24, 2.45) is 0 Å². The molecule has 0 N–H and O–H groups in total. The predicted octanol–water partition coefficient (Wildman–Crippen LogP) is 11.3. The normalized spacial score (nSPS) is 13.9. The van der Waals surface area contributed by atoms with Crippen LogP contribution in [0, 0.1) is 0 Å². The molecule has 0 spiro atoms. The topological polar surface area (TPSA) is 32.5 Å². The molecule has 0 atom stereocenters. The van der Waals surface area contributed by atoms with Crippen molar-refractivity contribution in [1.29, 1.82) is 0 Å². The summed E-state index contributed by atoms with van der Waals surface area (Å²) in [6, 6.07) is 64.7. The summed E-state index contributed by atoms with van der Waals surface area (Å²) >= 11 is 0. The summed E-state index contributed by atoms with van der Waals surface area (Å²) < 4.78 is 7.27. The number of nitrogens with zero attached hydrogens (tertiary/aromatic N) is 3. The van der Waals surface area contributed by atoms with Crippen molar-refractivity contribution in [3.63, 3.8) is 0 Å². The van der Waals surface area contributed by atoms with E-state index in [0.29, 0.717) is 0 Å². The summed E-state index contributed by atoms with van der Waals surface area (Å²) in [4.78, 5) is 10.6. The molecule has 1 aromatic heterocycles. The Hall–Kier alpha value is -6.37. The first-order valence-corrected chi connectivity index (χ1v) is 26.1. The van der Waals surface area contributed by atoms with E-state index in [2.05, 4.69) is 263 Å². The number of benzene rings is 7. The molecule has 0 amide bonds. The maximum Gasteiger partial charge on any atom is 0.299 e. The summed E-state index contributed by atoms with van der Waals surface area (Å²) in [6.45, 7) is 27.1. The first-order chi connectivity index (χ1) is 31.8. The Morgan fingerprint density at radius 1 is 0.418 bits per heavy atom. The third-order valence-corrected chi connectivity index (χ3v) is 18.9. The van der Waals surface area contributed by atoms with E-state index >= 15 is 0 Å². The van der Waals surface area contributed by atoms with Crippen LogP contribution >= 0.6 is 0 Å². The first kappa shape index (κ1) is 44.5. The van der Waals surface area contributed by atoms with Crippen LogP contribution in [0.25, 0.3) is 0 Å². The number of hydrogen-bond acceptors (Lipinski definition) is 4. The van der Waals surface area contributed by atoms with E-state index in [4.69, 9.17) is 9.40 Å². The molecule has 0 radical (unpaired) electrons. The van der Waals surface area contributed by atoms with Gasteiger partial charge in [0.15, 0.2) is 13.9 Å². The lowest BCUT2D eigenvalue weighted by Crippen LogP contribution is -2.75. The highest BCUT2D eigenvalue weighted by Crippen LogP contribution is 2.45. The highest BCUT2D eigenvalue weighted by molar-refractivity contribution is 7.20. The van der Waals surface area contributed by atoms with Crippen molar-refractivity contribution >= 4 is 86.4 Å². The van der Waals surface area contributed by atoms with Gasteiger partial charge >= 0.3 is 0 Å². The molecule has 0 saturated heterocycles. The van der Waals surface area contributed by atoms with E-state index in [0.717, 1.165) is 45.8 Å². The van der Waals surface area contributed by atoms with Crippen LogP contribution in [0.4, 0.5) is 34.3 Å². The van der Waals surface area contributed by atoms with E-state index in [9.17, 15) is 0 Å². The van der Waals surface area contributed by atoms with Crippen LogP contribution in [-0.2, 0) is 21.7 Å². The molecule has 3 heterocycles. The minimum atomic E-state index is -3.07. The van der Waals surface area contributed by atoms with Gasteiger partial charge in [0.25, 0.3) is 6.71 Å². The third kappa shape index (κ3) is 7.49. The molecule has 2 aliphatic rings. The monoisotopic (exact) mass is 893 g/mol. The SMILES string of the molecule is CC(C)(C)c1ccc(N2c3ccc(C(C)(C)C)cc3B3c4oc(C(C)(C)C)nc4N(c4ccc(C(C)(C)C)cc4)c4cc([Si](c5ccccc5)(c5ccccc5)c5ccccc5)cc2c43)cc1. The molecule has 6 heteroatoms. The summed E-state index contributed by atoms with van der Waals surface area (Å²) in [5.74, 6) is 1.59. The van der Waals surface area contributed by atoms with Gasteiger partial charge in [-0.25, -0.2) is 0 Å². The van der Waals surface area contributed by atoms with Crippen molar-refractivity contribution in [1.82, 2.24) is 4.98 Å². The molecule has 2 aliphatic heterocycles. The highest BCUT2D eigenvalue weighted by Gasteiger charge is 2.50. The van der Waals surface area contributed by atoms with Crippen LogP contribution in [0.2, 0.25) is 0 Å². The van der Waals surface area contributed by atoms with Gasteiger partial charge in [0.1, 0.15) is 5.66 Å². The van der Waals surface area contributed by atoms with Crippen LogP contribution in [0.3, 0.4) is 0 Å². The van der Waals surface area contributed by atoms with Crippen molar-refractivity contribution in [3.8, 4) is 0 Å². The largest absolute Gasteiger partial charge is 0.452 e. The molecule has 0 fully saturated rings. The minimum absolute atomic E-state index is 0.00681. The van der Waals surface area contributed by atoms with E-state index in [1.54, 1.807) is 0 Å². The molecule has 336 valence electrons. The minimum Gasteiger partial charge on any atom is -0.452 e. The second-order valence-electron chi connectivity index (χ2n) is 23.0. The Morgan fingerprint density at radius 2 is 0.836 bits per heavy atom. The molecular weight excluding hydrogens is 830 g/mol. The molecule has 0 unspecified atom stereocenters. The van der Waals surface area contributed by atoms with E-state index in [1.165, 1.54) is 48.4 Å². The van der Waals surface area contributed by atoms with Crippen molar-refractivity contribution < 1.29 is 4.42 Å². The fourth-order valence-corrected chi connectivity index (χ4v) is 15.2. The van der Waals surface area contributed by atoms with Gasteiger partial charge < -0.3 is 9.32 Å². The van der Waals surface area contributed by atoms with Crippen molar-refractivity contribution in [3.05, 3.63) is 192 Å². The first-order valence-electron chi connectivity index (χ1n) is 24.1. The zero-order valence-corrected chi connectivity index (χ0v) is 42.5. The van der Waals surface area contributed by atoms with Gasteiger partial charge in [0.05, 0.1) is 0 Å². The van der Waals surface area contributed by atoms with E-state index < -0.39 is 8.07 Å². The molecular formula is C61H64BN3OSi. The second-order valence-corrected chi connectivity index (χ2v) is 26.8. The standard InChI is InChI=1S/C61H64BN3OSi/c1-58(2,3)41-28-33-44(34-29-41)64-51-37-32-43(60(7,8)9)38-50(51)62-54-52(64)39-49(67(46-22-16-13-17-23-46,47-24-18-14-19-25-47)48-26-20-15-21-27-48)40-53(54)65(45-35-30-42(31-36-45)59(4,5)6)56-55(62)66-57(63-56)61(10,11)12/h13-40H,1-12H3. The molecule has 4 nitrogen and oxygen atoms in total. The average Bonchev–Trinajstić information content (AvgIpc) is 3.76. The Kier molecular flexibility index (Phi) is 10.5. The molecule has 10 rings (SSSR count). The summed E-state index contributed by atoms with van der Waals surface area (Å²) in [7, 11) is -3.07. The fourth-order valence-electron chi connectivity index (χ4n) is 10.5. The Balaban J connectivity index is 1.40. The van der Waals surface area contributed by atoms with Gasteiger partial charge in [-0.05, 0) is 107 Å². The average molecular weight is 894 g/mol. The Bertz CT molecular complexity index is 3000. The highest BCUT2D eigenvalue weighted by atomic mass is 28.3.